The lowest BCUT2D eigenvalue weighted by Gasteiger charge is -2.07. The number of rotatable bonds is 7. The van der Waals surface area contributed by atoms with Crippen molar-refractivity contribution in [2.75, 3.05) is 6.79 Å². The van der Waals surface area contributed by atoms with E-state index in [4.69, 9.17) is 14.6 Å². The SMILES string of the molecule is O=C(O)c1ccc(CCc2cccc(CCc3ccc4c(c3)OCO4)c2)cc1. The van der Waals surface area contributed by atoms with Gasteiger partial charge in [-0.15, -0.1) is 0 Å². The van der Waals surface area contributed by atoms with E-state index < -0.39 is 5.97 Å². The standard InChI is InChI=1S/C24H22O4/c25-24(26)21-11-8-17(9-12-21)4-5-18-2-1-3-19(14-18)6-7-20-10-13-22-23(15-20)28-16-27-22/h1-3,8-15H,4-7,16H2,(H,25,26). The van der Waals surface area contributed by atoms with Gasteiger partial charge >= 0.3 is 5.97 Å². The lowest BCUT2D eigenvalue weighted by Crippen LogP contribution is -1.98. The van der Waals surface area contributed by atoms with E-state index in [2.05, 4.69) is 36.4 Å². The summed E-state index contributed by atoms with van der Waals surface area (Å²) in [7, 11) is 0. The smallest absolute Gasteiger partial charge is 0.335 e. The van der Waals surface area contributed by atoms with E-state index in [1.165, 1.54) is 16.7 Å². The second-order valence-corrected chi connectivity index (χ2v) is 7.01. The van der Waals surface area contributed by atoms with Crippen LogP contribution in [0, 0.1) is 0 Å². The molecule has 0 saturated heterocycles. The van der Waals surface area contributed by atoms with Gasteiger partial charge in [0.15, 0.2) is 11.5 Å². The summed E-state index contributed by atoms with van der Waals surface area (Å²) in [6.45, 7) is 0.305. The third-order valence-corrected chi connectivity index (χ3v) is 5.03. The van der Waals surface area contributed by atoms with Gasteiger partial charge in [0.1, 0.15) is 0 Å². The molecule has 28 heavy (non-hydrogen) atoms. The van der Waals surface area contributed by atoms with Crippen LogP contribution in [-0.2, 0) is 25.7 Å². The van der Waals surface area contributed by atoms with Crippen molar-refractivity contribution in [2.45, 2.75) is 25.7 Å². The van der Waals surface area contributed by atoms with E-state index in [1.54, 1.807) is 12.1 Å². The van der Waals surface area contributed by atoms with Crippen LogP contribution in [0.1, 0.15) is 32.6 Å². The number of carboxylic acids is 1. The van der Waals surface area contributed by atoms with Crippen LogP contribution in [0.5, 0.6) is 11.5 Å². The Morgan fingerprint density at radius 3 is 1.96 bits per heavy atom. The highest BCUT2D eigenvalue weighted by atomic mass is 16.7. The average Bonchev–Trinajstić information content (AvgIpc) is 3.19. The molecule has 0 atom stereocenters. The van der Waals surface area contributed by atoms with Crippen molar-refractivity contribution in [3.05, 3.63) is 94.5 Å². The van der Waals surface area contributed by atoms with E-state index in [-0.39, 0.29) is 0 Å². The van der Waals surface area contributed by atoms with Gasteiger partial charge < -0.3 is 14.6 Å². The minimum Gasteiger partial charge on any atom is -0.478 e. The predicted molar refractivity (Wildman–Crippen MR) is 107 cm³/mol. The van der Waals surface area contributed by atoms with Crippen LogP contribution in [-0.4, -0.2) is 17.9 Å². The maximum atomic E-state index is 10.9. The Labute approximate surface area is 164 Å². The summed E-state index contributed by atoms with van der Waals surface area (Å²) in [5, 5.41) is 8.98. The van der Waals surface area contributed by atoms with Crippen molar-refractivity contribution in [3.63, 3.8) is 0 Å². The van der Waals surface area contributed by atoms with E-state index in [0.717, 1.165) is 42.7 Å². The molecule has 0 aliphatic carbocycles. The molecule has 4 heteroatoms. The number of carbonyl (C=O) groups is 1. The van der Waals surface area contributed by atoms with Crippen molar-refractivity contribution in [1.29, 1.82) is 0 Å². The number of benzene rings is 3. The molecule has 1 heterocycles. The van der Waals surface area contributed by atoms with Crippen LogP contribution >= 0.6 is 0 Å². The molecule has 1 aliphatic rings. The van der Waals surface area contributed by atoms with Crippen LogP contribution < -0.4 is 9.47 Å². The first kappa shape index (κ1) is 18.1. The van der Waals surface area contributed by atoms with Gasteiger partial charge in [-0.3, -0.25) is 0 Å². The summed E-state index contributed by atoms with van der Waals surface area (Å²) in [6, 6.07) is 21.9. The van der Waals surface area contributed by atoms with Crippen molar-refractivity contribution in [2.24, 2.45) is 0 Å². The summed E-state index contributed by atoms with van der Waals surface area (Å²) in [5.41, 5.74) is 5.33. The first-order chi connectivity index (χ1) is 13.7. The molecule has 0 fully saturated rings. The quantitative estimate of drug-likeness (QED) is 0.652. The zero-order chi connectivity index (χ0) is 19.3. The molecule has 4 nitrogen and oxygen atoms in total. The molecule has 1 aliphatic heterocycles. The predicted octanol–water partition coefficient (Wildman–Crippen LogP) is 4.68. The van der Waals surface area contributed by atoms with Gasteiger partial charge in [-0.25, -0.2) is 4.79 Å². The van der Waals surface area contributed by atoms with Crippen molar-refractivity contribution >= 4 is 5.97 Å². The first-order valence-corrected chi connectivity index (χ1v) is 9.46. The number of aryl methyl sites for hydroxylation is 4. The molecule has 142 valence electrons. The van der Waals surface area contributed by atoms with Crippen LogP contribution in [0.3, 0.4) is 0 Å². The Hall–Kier alpha value is -3.27. The Bertz CT molecular complexity index is 976. The third kappa shape index (κ3) is 4.34. The molecular weight excluding hydrogens is 352 g/mol. The summed E-state index contributed by atoms with van der Waals surface area (Å²) in [6.07, 6.45) is 3.76. The third-order valence-electron chi connectivity index (χ3n) is 5.03. The van der Waals surface area contributed by atoms with Gasteiger partial charge in [-0.2, -0.15) is 0 Å². The Kier molecular flexibility index (Phi) is 5.29. The van der Waals surface area contributed by atoms with Crippen molar-refractivity contribution in [1.82, 2.24) is 0 Å². The molecule has 3 aromatic rings. The molecular formula is C24H22O4. The highest BCUT2D eigenvalue weighted by Crippen LogP contribution is 2.32. The van der Waals surface area contributed by atoms with E-state index >= 15 is 0 Å². The number of aromatic carboxylic acids is 1. The monoisotopic (exact) mass is 374 g/mol. The summed E-state index contributed by atoms with van der Waals surface area (Å²) in [5.74, 6) is 0.768. The maximum absolute atomic E-state index is 10.9. The molecule has 3 aromatic carbocycles. The fourth-order valence-electron chi connectivity index (χ4n) is 3.43. The summed E-state index contributed by atoms with van der Waals surface area (Å²) in [4.78, 5) is 10.9. The maximum Gasteiger partial charge on any atom is 0.335 e. The van der Waals surface area contributed by atoms with Crippen LogP contribution in [0.25, 0.3) is 0 Å². The van der Waals surface area contributed by atoms with Gasteiger partial charge in [0, 0.05) is 0 Å². The van der Waals surface area contributed by atoms with Crippen LogP contribution in [0.4, 0.5) is 0 Å². The number of fused-ring (bicyclic) bond motifs is 1. The first-order valence-electron chi connectivity index (χ1n) is 9.46. The zero-order valence-electron chi connectivity index (χ0n) is 15.6. The highest BCUT2D eigenvalue weighted by Gasteiger charge is 2.13. The zero-order valence-corrected chi connectivity index (χ0v) is 15.6. The number of hydrogen-bond acceptors (Lipinski definition) is 3. The van der Waals surface area contributed by atoms with Gasteiger partial charge in [0.2, 0.25) is 6.79 Å². The number of hydrogen-bond donors (Lipinski definition) is 1. The van der Waals surface area contributed by atoms with Crippen molar-refractivity contribution in [3.8, 4) is 11.5 Å². The van der Waals surface area contributed by atoms with Crippen LogP contribution in [0.15, 0.2) is 66.7 Å². The largest absolute Gasteiger partial charge is 0.478 e. The molecule has 0 aromatic heterocycles. The highest BCUT2D eigenvalue weighted by molar-refractivity contribution is 5.87. The van der Waals surface area contributed by atoms with Gasteiger partial charge in [-0.05, 0) is 72.2 Å². The Balaban J connectivity index is 1.34. The molecule has 1 N–H and O–H groups in total. The minimum absolute atomic E-state index is 0.305. The minimum atomic E-state index is -0.887. The fourth-order valence-corrected chi connectivity index (χ4v) is 3.43. The molecule has 0 saturated carbocycles. The number of ether oxygens (including phenoxy) is 2. The van der Waals surface area contributed by atoms with E-state index in [0.29, 0.717) is 12.4 Å². The normalized spacial score (nSPS) is 12.1. The number of carboxylic acid groups (broad SMARTS) is 1. The lowest BCUT2D eigenvalue weighted by atomic mass is 9.99. The molecule has 0 amide bonds. The second kappa shape index (κ2) is 8.17. The van der Waals surface area contributed by atoms with Crippen LogP contribution in [0.2, 0.25) is 0 Å². The summed E-state index contributed by atoms with van der Waals surface area (Å²) < 4.78 is 10.8. The molecule has 4 rings (SSSR count). The van der Waals surface area contributed by atoms with E-state index in [9.17, 15) is 4.79 Å². The van der Waals surface area contributed by atoms with E-state index in [1.807, 2.05) is 18.2 Å². The fraction of sp³-hybridized carbons (Fsp3) is 0.208. The molecule has 0 bridgehead atoms. The molecule has 0 unspecified atom stereocenters. The van der Waals surface area contributed by atoms with Gasteiger partial charge in [0.25, 0.3) is 0 Å². The van der Waals surface area contributed by atoms with Gasteiger partial charge in [0.05, 0.1) is 5.56 Å². The second-order valence-electron chi connectivity index (χ2n) is 7.01. The Morgan fingerprint density at radius 1 is 0.714 bits per heavy atom. The molecule has 0 radical (unpaired) electrons. The average molecular weight is 374 g/mol. The molecule has 0 spiro atoms. The summed E-state index contributed by atoms with van der Waals surface area (Å²) >= 11 is 0. The topological polar surface area (TPSA) is 55.8 Å². The lowest BCUT2D eigenvalue weighted by molar-refractivity contribution is 0.0697. The van der Waals surface area contributed by atoms with Gasteiger partial charge in [-0.1, -0.05) is 42.5 Å². The Morgan fingerprint density at radius 2 is 1.29 bits per heavy atom. The van der Waals surface area contributed by atoms with Crippen molar-refractivity contribution < 1.29 is 19.4 Å².